The van der Waals surface area contributed by atoms with Crippen molar-refractivity contribution < 1.29 is 9.59 Å². The maximum atomic E-state index is 13.0. The van der Waals surface area contributed by atoms with Gasteiger partial charge in [-0.15, -0.1) is 0 Å². The summed E-state index contributed by atoms with van der Waals surface area (Å²) in [4.78, 5) is 23.6. The average Bonchev–Trinajstić information content (AvgIpc) is 3.46. The predicted octanol–water partition coefficient (Wildman–Crippen LogP) is 3.50. The summed E-state index contributed by atoms with van der Waals surface area (Å²) in [5.41, 5.74) is 2.29. The lowest BCUT2D eigenvalue weighted by Crippen LogP contribution is -2.35. The zero-order valence-corrected chi connectivity index (χ0v) is 14.4. The van der Waals surface area contributed by atoms with Gasteiger partial charge in [-0.1, -0.05) is 60.7 Å². The van der Waals surface area contributed by atoms with Crippen LogP contribution in [0.25, 0.3) is 10.8 Å². The Balaban J connectivity index is 1.65. The van der Waals surface area contributed by atoms with E-state index in [1.54, 1.807) is 6.07 Å². The average molecular weight is 344 g/mol. The van der Waals surface area contributed by atoms with E-state index in [1.807, 2.05) is 36.4 Å². The van der Waals surface area contributed by atoms with Crippen molar-refractivity contribution in [2.45, 2.75) is 24.9 Å². The second kappa shape index (κ2) is 6.64. The number of amides is 2. The second-order valence-corrected chi connectivity index (χ2v) is 6.72. The third-order valence-electron chi connectivity index (χ3n) is 5.05. The first-order valence-electron chi connectivity index (χ1n) is 8.79. The number of carbonyl (C=O) groups excluding carboxylic acids is 2. The number of carbonyl (C=O) groups is 2. The molecule has 0 heterocycles. The van der Waals surface area contributed by atoms with Crippen LogP contribution in [0.1, 0.15) is 34.3 Å². The Labute approximate surface area is 152 Å². The van der Waals surface area contributed by atoms with Gasteiger partial charge in [-0.25, -0.2) is 0 Å². The van der Waals surface area contributed by atoms with Gasteiger partial charge in [0.15, 0.2) is 0 Å². The van der Waals surface area contributed by atoms with Gasteiger partial charge in [0.1, 0.15) is 0 Å². The molecule has 1 aliphatic rings. The molecule has 26 heavy (non-hydrogen) atoms. The van der Waals surface area contributed by atoms with Gasteiger partial charge in [0, 0.05) is 12.1 Å². The van der Waals surface area contributed by atoms with Gasteiger partial charge in [-0.05, 0) is 40.8 Å². The Bertz CT molecular complexity index is 971. The van der Waals surface area contributed by atoms with Crippen molar-refractivity contribution in [1.29, 1.82) is 0 Å². The molecular formula is C22H20N2O2. The molecule has 0 aliphatic heterocycles. The van der Waals surface area contributed by atoms with Crippen LogP contribution in [-0.4, -0.2) is 12.3 Å². The van der Waals surface area contributed by atoms with Gasteiger partial charge >= 0.3 is 0 Å². The highest BCUT2D eigenvalue weighted by Gasteiger charge is 2.46. The molecular weight excluding hydrogens is 324 g/mol. The quantitative estimate of drug-likeness (QED) is 0.672. The van der Waals surface area contributed by atoms with Crippen molar-refractivity contribution in [2.24, 2.45) is 0 Å². The fourth-order valence-electron chi connectivity index (χ4n) is 3.56. The molecule has 0 saturated heterocycles. The first kappa shape index (κ1) is 16.3. The predicted molar refractivity (Wildman–Crippen MR) is 102 cm³/mol. The number of hydrogen-bond acceptors (Lipinski definition) is 2. The Kier molecular flexibility index (Phi) is 4.17. The van der Waals surface area contributed by atoms with E-state index >= 15 is 0 Å². The van der Waals surface area contributed by atoms with Crippen LogP contribution in [0.15, 0.2) is 66.7 Å². The summed E-state index contributed by atoms with van der Waals surface area (Å²) in [5.74, 6) is -0.0984. The van der Waals surface area contributed by atoms with Gasteiger partial charge in [0.25, 0.3) is 5.91 Å². The summed E-state index contributed by atoms with van der Waals surface area (Å²) in [6.45, 7) is 0.342. The topological polar surface area (TPSA) is 58.2 Å². The maximum absolute atomic E-state index is 13.0. The molecule has 4 rings (SSSR count). The fourth-order valence-corrected chi connectivity index (χ4v) is 3.56. The molecule has 0 spiro atoms. The monoisotopic (exact) mass is 344 g/mol. The third kappa shape index (κ3) is 2.94. The Hall–Kier alpha value is -3.14. The molecule has 0 bridgehead atoms. The molecule has 1 aliphatic carbocycles. The highest BCUT2D eigenvalue weighted by molar-refractivity contribution is 5.97. The zero-order valence-electron chi connectivity index (χ0n) is 14.4. The summed E-state index contributed by atoms with van der Waals surface area (Å²) in [5, 5.41) is 8.25. The molecule has 4 heteroatoms. The van der Waals surface area contributed by atoms with E-state index in [2.05, 4.69) is 34.9 Å². The van der Waals surface area contributed by atoms with Crippen molar-refractivity contribution in [2.75, 3.05) is 0 Å². The van der Waals surface area contributed by atoms with Gasteiger partial charge in [-0.2, -0.15) is 0 Å². The third-order valence-corrected chi connectivity index (χ3v) is 5.05. The number of fused-ring (bicyclic) bond motifs is 1. The maximum Gasteiger partial charge on any atom is 0.252 e. The van der Waals surface area contributed by atoms with E-state index in [9.17, 15) is 9.59 Å². The first-order chi connectivity index (χ1) is 12.7. The molecule has 2 N–H and O–H groups in total. The van der Waals surface area contributed by atoms with E-state index in [1.165, 1.54) is 16.3 Å². The summed E-state index contributed by atoms with van der Waals surface area (Å²) < 4.78 is 0. The molecule has 0 radical (unpaired) electrons. The van der Waals surface area contributed by atoms with Crippen LogP contribution in [0.5, 0.6) is 0 Å². The summed E-state index contributed by atoms with van der Waals surface area (Å²) >= 11 is 0. The lowest BCUT2D eigenvalue weighted by Gasteiger charge is -2.21. The molecule has 4 nitrogen and oxygen atoms in total. The van der Waals surface area contributed by atoms with Crippen molar-refractivity contribution >= 4 is 23.1 Å². The highest BCUT2D eigenvalue weighted by Crippen LogP contribution is 2.48. The molecule has 0 aromatic heterocycles. The standard InChI is InChI=1S/C22H20N2O2/c25-15-23-14-17-7-2-4-10-19(17)21(26)24-22(12-13-22)20-11-5-8-16-6-1-3-9-18(16)20/h1-11,15H,12-14H2,(H,23,25)(H,24,26). The lowest BCUT2D eigenvalue weighted by molar-refractivity contribution is -0.109. The summed E-state index contributed by atoms with van der Waals surface area (Å²) in [6, 6.07) is 21.9. The molecule has 130 valence electrons. The van der Waals surface area contributed by atoms with Crippen LogP contribution >= 0.6 is 0 Å². The van der Waals surface area contributed by atoms with Crippen LogP contribution in [0, 0.1) is 0 Å². The second-order valence-electron chi connectivity index (χ2n) is 6.72. The molecule has 2 amide bonds. The van der Waals surface area contributed by atoms with E-state index < -0.39 is 0 Å². The fraction of sp³-hybridized carbons (Fsp3) is 0.182. The van der Waals surface area contributed by atoms with E-state index in [0.717, 1.165) is 18.4 Å². The van der Waals surface area contributed by atoms with Crippen molar-refractivity contribution in [3.05, 3.63) is 83.4 Å². The summed E-state index contributed by atoms with van der Waals surface area (Å²) in [6.07, 6.45) is 2.51. The number of benzene rings is 3. The minimum atomic E-state index is -0.302. The van der Waals surface area contributed by atoms with Gasteiger partial charge in [0.2, 0.25) is 6.41 Å². The number of nitrogens with one attached hydrogen (secondary N) is 2. The van der Waals surface area contributed by atoms with Crippen LogP contribution in [0.2, 0.25) is 0 Å². The largest absolute Gasteiger partial charge is 0.355 e. The van der Waals surface area contributed by atoms with E-state index in [-0.39, 0.29) is 11.4 Å². The Morgan fingerprint density at radius 1 is 0.962 bits per heavy atom. The van der Waals surface area contributed by atoms with Crippen LogP contribution in [0.3, 0.4) is 0 Å². The zero-order chi connectivity index (χ0) is 18.0. The van der Waals surface area contributed by atoms with Gasteiger partial charge < -0.3 is 10.6 Å². The van der Waals surface area contributed by atoms with Gasteiger partial charge in [0.05, 0.1) is 5.54 Å². The normalized spacial score (nSPS) is 14.6. The molecule has 1 saturated carbocycles. The first-order valence-corrected chi connectivity index (χ1v) is 8.79. The molecule has 1 fully saturated rings. The minimum absolute atomic E-state index is 0.0984. The Morgan fingerprint density at radius 2 is 1.69 bits per heavy atom. The Morgan fingerprint density at radius 3 is 2.50 bits per heavy atom. The number of hydrogen-bond donors (Lipinski definition) is 2. The van der Waals surface area contributed by atoms with Crippen molar-refractivity contribution in [3.8, 4) is 0 Å². The molecule has 3 aromatic rings. The van der Waals surface area contributed by atoms with E-state index in [4.69, 9.17) is 0 Å². The van der Waals surface area contributed by atoms with Crippen LogP contribution in [-0.2, 0) is 16.9 Å². The summed E-state index contributed by atoms with van der Waals surface area (Å²) in [7, 11) is 0. The molecule has 3 aromatic carbocycles. The molecule has 0 unspecified atom stereocenters. The smallest absolute Gasteiger partial charge is 0.252 e. The molecule has 0 atom stereocenters. The van der Waals surface area contributed by atoms with Crippen LogP contribution < -0.4 is 10.6 Å². The van der Waals surface area contributed by atoms with Crippen LogP contribution in [0.4, 0.5) is 0 Å². The van der Waals surface area contributed by atoms with E-state index in [0.29, 0.717) is 18.5 Å². The highest BCUT2D eigenvalue weighted by atomic mass is 16.2. The van der Waals surface area contributed by atoms with Crippen molar-refractivity contribution in [1.82, 2.24) is 10.6 Å². The SMILES string of the molecule is O=CNCc1ccccc1C(=O)NC1(c2cccc3ccccc23)CC1. The lowest BCUT2D eigenvalue weighted by atomic mass is 9.96. The number of rotatable bonds is 6. The van der Waals surface area contributed by atoms with Gasteiger partial charge in [-0.3, -0.25) is 9.59 Å². The van der Waals surface area contributed by atoms with Crippen molar-refractivity contribution in [3.63, 3.8) is 0 Å². The minimum Gasteiger partial charge on any atom is -0.355 e.